The molecule has 0 aliphatic carbocycles. The van der Waals surface area contributed by atoms with Crippen molar-refractivity contribution in [2.75, 3.05) is 19.5 Å². The lowest BCUT2D eigenvalue weighted by Gasteiger charge is -2.14. The van der Waals surface area contributed by atoms with Crippen LogP contribution in [-0.4, -0.2) is 39.9 Å². The summed E-state index contributed by atoms with van der Waals surface area (Å²) in [5.41, 5.74) is 0.430. The molecule has 0 radical (unpaired) electrons. The molecule has 0 aromatic carbocycles. The Balaban J connectivity index is 2.28. The number of alkyl halides is 1. The van der Waals surface area contributed by atoms with Crippen LogP contribution in [0.5, 0.6) is 0 Å². The zero-order valence-electron chi connectivity index (χ0n) is 8.65. The van der Waals surface area contributed by atoms with Gasteiger partial charge in [0.25, 0.3) is 5.91 Å². The van der Waals surface area contributed by atoms with E-state index >= 15 is 0 Å². The molecule has 1 amide bonds. The third-order valence-corrected chi connectivity index (χ3v) is 2.82. The van der Waals surface area contributed by atoms with Crippen LogP contribution in [0.1, 0.15) is 29.8 Å². The molecule has 84 valence electrons. The van der Waals surface area contributed by atoms with Gasteiger partial charge in [0.1, 0.15) is 0 Å². The van der Waals surface area contributed by atoms with Gasteiger partial charge in [-0.25, -0.2) is 0 Å². The van der Waals surface area contributed by atoms with E-state index in [4.69, 9.17) is 11.6 Å². The van der Waals surface area contributed by atoms with Crippen molar-refractivity contribution in [3.63, 3.8) is 0 Å². The number of halogens is 1. The maximum absolute atomic E-state index is 11.7. The molecule has 1 heterocycles. The van der Waals surface area contributed by atoms with E-state index in [-0.39, 0.29) is 5.91 Å². The van der Waals surface area contributed by atoms with E-state index in [0.717, 1.165) is 25.8 Å². The topological polar surface area (TPSA) is 46.1 Å². The summed E-state index contributed by atoms with van der Waals surface area (Å²) in [6, 6.07) is 0. The number of carbonyl (C=O) groups excluding carboxylic acids is 1. The van der Waals surface area contributed by atoms with Crippen molar-refractivity contribution >= 4 is 29.0 Å². The van der Waals surface area contributed by atoms with E-state index in [0.29, 0.717) is 11.6 Å². The second-order valence-corrected chi connectivity index (χ2v) is 4.25. The summed E-state index contributed by atoms with van der Waals surface area (Å²) < 4.78 is 3.66. The predicted octanol–water partition coefficient (Wildman–Crippen LogP) is 2.02. The lowest BCUT2D eigenvalue weighted by Crippen LogP contribution is -2.28. The molecule has 6 heteroatoms. The molecule has 1 aromatic heterocycles. The normalized spacial score (nSPS) is 10.3. The highest BCUT2D eigenvalue weighted by Gasteiger charge is 2.13. The van der Waals surface area contributed by atoms with Crippen LogP contribution in [-0.2, 0) is 0 Å². The van der Waals surface area contributed by atoms with E-state index in [1.165, 1.54) is 11.5 Å². The summed E-state index contributed by atoms with van der Waals surface area (Å²) in [6.07, 6.45) is 3.03. The van der Waals surface area contributed by atoms with Gasteiger partial charge in [-0.15, -0.1) is 16.7 Å². The van der Waals surface area contributed by atoms with Crippen molar-refractivity contribution in [3.05, 3.63) is 11.1 Å². The van der Waals surface area contributed by atoms with Gasteiger partial charge in [-0.1, -0.05) is 10.9 Å². The molecule has 0 N–H and O–H groups in total. The van der Waals surface area contributed by atoms with E-state index in [1.54, 1.807) is 17.3 Å². The molecule has 0 atom stereocenters. The minimum Gasteiger partial charge on any atom is -0.340 e. The molecule has 1 aromatic rings. The SMILES string of the molecule is CN(CCCCCCl)C(=O)c1csnn1. The highest BCUT2D eigenvalue weighted by Crippen LogP contribution is 2.04. The fourth-order valence-corrected chi connectivity index (χ4v) is 1.79. The Morgan fingerprint density at radius 3 is 2.93 bits per heavy atom. The van der Waals surface area contributed by atoms with Crippen molar-refractivity contribution in [1.29, 1.82) is 0 Å². The van der Waals surface area contributed by atoms with Gasteiger partial charge in [-0.2, -0.15) is 0 Å². The Hall–Kier alpha value is -0.680. The number of carbonyl (C=O) groups is 1. The Labute approximate surface area is 98.4 Å². The first-order valence-electron chi connectivity index (χ1n) is 4.84. The number of hydrogen-bond donors (Lipinski definition) is 0. The van der Waals surface area contributed by atoms with Crippen LogP contribution in [0.3, 0.4) is 0 Å². The van der Waals surface area contributed by atoms with Crippen LogP contribution in [0, 0.1) is 0 Å². The van der Waals surface area contributed by atoms with Crippen molar-refractivity contribution in [3.8, 4) is 0 Å². The van der Waals surface area contributed by atoms with Crippen LogP contribution >= 0.6 is 23.1 Å². The molecule has 0 unspecified atom stereocenters. The van der Waals surface area contributed by atoms with Crippen LogP contribution < -0.4 is 0 Å². The van der Waals surface area contributed by atoms with Gasteiger partial charge in [0, 0.05) is 24.9 Å². The number of hydrogen-bond acceptors (Lipinski definition) is 4. The lowest BCUT2D eigenvalue weighted by atomic mass is 10.2. The Bertz CT molecular complexity index is 292. The summed E-state index contributed by atoms with van der Waals surface area (Å²) in [6.45, 7) is 0.743. The lowest BCUT2D eigenvalue weighted by molar-refractivity contribution is 0.0787. The van der Waals surface area contributed by atoms with E-state index < -0.39 is 0 Å². The van der Waals surface area contributed by atoms with Crippen LogP contribution in [0.2, 0.25) is 0 Å². The molecule has 0 aliphatic heterocycles. The zero-order valence-corrected chi connectivity index (χ0v) is 10.2. The Kier molecular flexibility index (Phi) is 5.57. The second-order valence-electron chi connectivity index (χ2n) is 3.27. The van der Waals surface area contributed by atoms with Crippen LogP contribution in [0.4, 0.5) is 0 Å². The number of amides is 1. The highest BCUT2D eigenvalue weighted by molar-refractivity contribution is 7.03. The highest BCUT2D eigenvalue weighted by atomic mass is 35.5. The van der Waals surface area contributed by atoms with Gasteiger partial charge in [0.05, 0.1) is 0 Å². The van der Waals surface area contributed by atoms with E-state index in [2.05, 4.69) is 9.59 Å². The van der Waals surface area contributed by atoms with Gasteiger partial charge >= 0.3 is 0 Å². The smallest absolute Gasteiger partial charge is 0.275 e. The quantitative estimate of drug-likeness (QED) is 0.571. The Morgan fingerprint density at radius 1 is 1.53 bits per heavy atom. The minimum absolute atomic E-state index is 0.0605. The van der Waals surface area contributed by atoms with Crippen LogP contribution in [0.15, 0.2) is 5.38 Å². The monoisotopic (exact) mass is 247 g/mol. The fourth-order valence-electron chi connectivity index (χ4n) is 1.18. The van der Waals surface area contributed by atoms with Crippen molar-refractivity contribution in [2.24, 2.45) is 0 Å². The maximum Gasteiger partial charge on any atom is 0.275 e. The molecule has 0 fully saturated rings. The van der Waals surface area contributed by atoms with E-state index in [9.17, 15) is 4.79 Å². The number of nitrogens with zero attached hydrogens (tertiary/aromatic N) is 3. The molecule has 4 nitrogen and oxygen atoms in total. The summed E-state index contributed by atoms with van der Waals surface area (Å²) in [4.78, 5) is 13.3. The van der Waals surface area contributed by atoms with Gasteiger partial charge in [0.2, 0.25) is 0 Å². The second kappa shape index (κ2) is 6.74. The third-order valence-electron chi connectivity index (χ3n) is 2.05. The van der Waals surface area contributed by atoms with Gasteiger partial charge in [0.15, 0.2) is 5.69 Å². The van der Waals surface area contributed by atoms with Gasteiger partial charge in [-0.05, 0) is 24.4 Å². The average Bonchev–Trinajstić information content (AvgIpc) is 2.76. The molecule has 1 rings (SSSR count). The summed E-state index contributed by atoms with van der Waals surface area (Å²) >= 11 is 6.75. The maximum atomic E-state index is 11.7. The zero-order chi connectivity index (χ0) is 11.1. The van der Waals surface area contributed by atoms with Gasteiger partial charge in [-0.3, -0.25) is 4.79 Å². The molecule has 0 spiro atoms. The Morgan fingerprint density at radius 2 is 2.33 bits per heavy atom. The number of aromatic nitrogens is 2. The molecule has 0 bridgehead atoms. The minimum atomic E-state index is -0.0605. The molecule has 0 aliphatic rings. The average molecular weight is 248 g/mol. The molecule has 0 saturated heterocycles. The molecular weight excluding hydrogens is 234 g/mol. The van der Waals surface area contributed by atoms with Gasteiger partial charge < -0.3 is 4.90 Å². The number of rotatable bonds is 6. The van der Waals surface area contributed by atoms with Crippen LogP contribution in [0.25, 0.3) is 0 Å². The van der Waals surface area contributed by atoms with Crippen molar-refractivity contribution in [2.45, 2.75) is 19.3 Å². The summed E-state index contributed by atoms with van der Waals surface area (Å²) in [5, 5.41) is 5.40. The van der Waals surface area contributed by atoms with Crippen molar-refractivity contribution in [1.82, 2.24) is 14.5 Å². The first kappa shape index (κ1) is 12.4. The summed E-state index contributed by atoms with van der Waals surface area (Å²) in [7, 11) is 1.78. The molecular formula is C9H14ClN3OS. The van der Waals surface area contributed by atoms with Crippen molar-refractivity contribution < 1.29 is 4.79 Å². The fraction of sp³-hybridized carbons (Fsp3) is 0.667. The molecule has 0 saturated carbocycles. The summed E-state index contributed by atoms with van der Waals surface area (Å²) in [5.74, 6) is 0.628. The largest absolute Gasteiger partial charge is 0.340 e. The standard InChI is InChI=1S/C9H14ClN3OS/c1-13(6-4-2-3-5-10)9(14)8-7-15-12-11-8/h7H,2-6H2,1H3. The predicted molar refractivity (Wildman–Crippen MR) is 61.4 cm³/mol. The molecule has 15 heavy (non-hydrogen) atoms. The third kappa shape index (κ3) is 4.13. The first-order chi connectivity index (χ1) is 7.25. The number of unbranched alkanes of at least 4 members (excludes halogenated alkanes) is 2. The first-order valence-corrected chi connectivity index (χ1v) is 6.21. The van der Waals surface area contributed by atoms with E-state index in [1.807, 2.05) is 0 Å².